The topological polar surface area (TPSA) is 9.23 Å². The molecule has 88 valence electrons. The van der Waals surface area contributed by atoms with E-state index in [0.717, 1.165) is 16.1 Å². The van der Waals surface area contributed by atoms with Crippen LogP contribution >= 0.6 is 31.9 Å². The summed E-state index contributed by atoms with van der Waals surface area (Å²) in [4.78, 5) is 0.409. The second-order valence-electron chi connectivity index (χ2n) is 4.49. The lowest BCUT2D eigenvalue weighted by Gasteiger charge is -2.15. The lowest BCUT2D eigenvalue weighted by atomic mass is 10.0. The number of methoxy groups -OCH3 is 1. The maximum Gasteiger partial charge on any atom is 0.123 e. The van der Waals surface area contributed by atoms with Gasteiger partial charge in [0, 0.05) is 14.9 Å². The fourth-order valence-electron chi connectivity index (χ4n) is 1.87. The Labute approximate surface area is 114 Å². The molecule has 16 heavy (non-hydrogen) atoms. The van der Waals surface area contributed by atoms with Crippen molar-refractivity contribution in [2.24, 2.45) is 5.92 Å². The van der Waals surface area contributed by atoms with Crippen molar-refractivity contribution in [2.45, 2.75) is 31.0 Å². The van der Waals surface area contributed by atoms with Crippen LogP contribution in [-0.4, -0.2) is 7.11 Å². The van der Waals surface area contributed by atoms with E-state index in [1.165, 1.54) is 30.4 Å². The highest BCUT2D eigenvalue weighted by molar-refractivity contribution is 9.10. The van der Waals surface area contributed by atoms with Crippen molar-refractivity contribution < 1.29 is 4.74 Å². The van der Waals surface area contributed by atoms with E-state index in [1.54, 1.807) is 7.11 Å². The number of hydrogen-bond donors (Lipinski definition) is 0. The van der Waals surface area contributed by atoms with Gasteiger partial charge in [0.1, 0.15) is 5.75 Å². The van der Waals surface area contributed by atoms with Crippen molar-refractivity contribution in [3.63, 3.8) is 0 Å². The molecular weight excluding hydrogens is 332 g/mol. The molecule has 0 saturated heterocycles. The van der Waals surface area contributed by atoms with E-state index >= 15 is 0 Å². The molecule has 0 aliphatic heterocycles. The average molecular weight is 348 g/mol. The van der Waals surface area contributed by atoms with E-state index in [4.69, 9.17) is 4.74 Å². The first-order valence-corrected chi connectivity index (χ1v) is 7.30. The van der Waals surface area contributed by atoms with E-state index in [-0.39, 0.29) is 0 Å². The number of aryl methyl sites for hydroxylation is 1. The fourth-order valence-corrected chi connectivity index (χ4v) is 3.11. The standard InChI is InChI=1S/C13H16Br2O/c1-8-5-13(16-2)10(7-11(8)14)12(15)6-9-3-4-9/h5,7,9,12H,3-4,6H2,1-2H3. The first-order valence-electron chi connectivity index (χ1n) is 5.60. The molecule has 2 rings (SSSR count). The van der Waals surface area contributed by atoms with Crippen LogP contribution in [0.3, 0.4) is 0 Å². The van der Waals surface area contributed by atoms with Gasteiger partial charge in [-0.2, -0.15) is 0 Å². The molecule has 1 nitrogen and oxygen atoms in total. The zero-order chi connectivity index (χ0) is 11.7. The fraction of sp³-hybridized carbons (Fsp3) is 0.538. The first kappa shape index (κ1) is 12.4. The van der Waals surface area contributed by atoms with Crippen molar-refractivity contribution >= 4 is 31.9 Å². The second kappa shape index (κ2) is 5.09. The van der Waals surface area contributed by atoms with Crippen LogP contribution in [0.4, 0.5) is 0 Å². The summed E-state index contributed by atoms with van der Waals surface area (Å²) in [5, 5.41) is 0. The molecule has 1 unspecified atom stereocenters. The molecule has 3 heteroatoms. The number of ether oxygens (including phenoxy) is 1. The predicted octanol–water partition coefficient (Wildman–Crippen LogP) is 5.00. The van der Waals surface area contributed by atoms with E-state index in [9.17, 15) is 0 Å². The highest BCUT2D eigenvalue weighted by Gasteiger charge is 2.26. The van der Waals surface area contributed by atoms with Crippen molar-refractivity contribution in [2.75, 3.05) is 7.11 Å². The molecule has 1 aliphatic carbocycles. The van der Waals surface area contributed by atoms with Crippen LogP contribution in [-0.2, 0) is 0 Å². The lowest BCUT2D eigenvalue weighted by Crippen LogP contribution is -1.97. The van der Waals surface area contributed by atoms with E-state index in [0.29, 0.717) is 4.83 Å². The van der Waals surface area contributed by atoms with Gasteiger partial charge in [-0.3, -0.25) is 0 Å². The summed E-state index contributed by atoms with van der Waals surface area (Å²) in [6.45, 7) is 2.08. The van der Waals surface area contributed by atoms with Crippen LogP contribution in [0.1, 0.15) is 35.2 Å². The third kappa shape index (κ3) is 2.80. The van der Waals surface area contributed by atoms with E-state index < -0.39 is 0 Å². The molecule has 1 aromatic rings. The monoisotopic (exact) mass is 346 g/mol. The Morgan fingerprint density at radius 2 is 2.12 bits per heavy atom. The van der Waals surface area contributed by atoms with Crippen LogP contribution in [0.15, 0.2) is 16.6 Å². The summed E-state index contributed by atoms with van der Waals surface area (Å²) in [7, 11) is 1.74. The molecule has 0 bridgehead atoms. The van der Waals surface area contributed by atoms with Gasteiger partial charge in [0.25, 0.3) is 0 Å². The summed E-state index contributed by atoms with van der Waals surface area (Å²) >= 11 is 7.36. The Balaban J connectivity index is 2.25. The van der Waals surface area contributed by atoms with Gasteiger partial charge < -0.3 is 4.74 Å². The number of benzene rings is 1. The molecule has 1 fully saturated rings. The van der Waals surface area contributed by atoms with E-state index in [2.05, 4.69) is 50.9 Å². The number of hydrogen-bond acceptors (Lipinski definition) is 1. The minimum absolute atomic E-state index is 0.409. The number of rotatable bonds is 4. The molecule has 1 aliphatic rings. The lowest BCUT2D eigenvalue weighted by molar-refractivity contribution is 0.408. The van der Waals surface area contributed by atoms with Gasteiger partial charge in [-0.05, 0) is 37.0 Å². The van der Waals surface area contributed by atoms with Crippen molar-refractivity contribution in [1.29, 1.82) is 0 Å². The van der Waals surface area contributed by atoms with Gasteiger partial charge in [0.05, 0.1) is 7.11 Å². The Morgan fingerprint density at radius 1 is 1.44 bits per heavy atom. The van der Waals surface area contributed by atoms with Crippen molar-refractivity contribution in [3.8, 4) is 5.75 Å². The van der Waals surface area contributed by atoms with Crippen molar-refractivity contribution in [1.82, 2.24) is 0 Å². The van der Waals surface area contributed by atoms with Crippen LogP contribution in [0, 0.1) is 12.8 Å². The van der Waals surface area contributed by atoms with Gasteiger partial charge in [0.15, 0.2) is 0 Å². The first-order chi connectivity index (χ1) is 7.61. The Bertz CT molecular complexity index is 386. The quantitative estimate of drug-likeness (QED) is 0.696. The van der Waals surface area contributed by atoms with Gasteiger partial charge in [-0.15, -0.1) is 0 Å². The summed E-state index contributed by atoms with van der Waals surface area (Å²) in [6.07, 6.45) is 3.99. The number of halogens is 2. The maximum absolute atomic E-state index is 5.45. The minimum atomic E-state index is 0.409. The molecule has 0 amide bonds. The maximum atomic E-state index is 5.45. The molecule has 0 spiro atoms. The molecule has 1 aromatic carbocycles. The Hall–Kier alpha value is -0.0200. The van der Waals surface area contributed by atoms with Crippen LogP contribution in [0.2, 0.25) is 0 Å². The Morgan fingerprint density at radius 3 is 2.69 bits per heavy atom. The van der Waals surface area contributed by atoms with Crippen molar-refractivity contribution in [3.05, 3.63) is 27.7 Å². The summed E-state index contributed by atoms with van der Waals surface area (Å²) < 4.78 is 6.61. The van der Waals surface area contributed by atoms with Gasteiger partial charge >= 0.3 is 0 Å². The smallest absolute Gasteiger partial charge is 0.123 e. The van der Waals surface area contributed by atoms with Crippen LogP contribution in [0.25, 0.3) is 0 Å². The minimum Gasteiger partial charge on any atom is -0.496 e. The molecule has 0 heterocycles. The zero-order valence-electron chi connectivity index (χ0n) is 9.59. The molecular formula is C13H16Br2O. The van der Waals surface area contributed by atoms with Crippen LogP contribution in [0.5, 0.6) is 5.75 Å². The summed E-state index contributed by atoms with van der Waals surface area (Å²) in [5.74, 6) is 1.90. The predicted molar refractivity (Wildman–Crippen MR) is 74.4 cm³/mol. The summed E-state index contributed by atoms with van der Waals surface area (Å²) in [5.41, 5.74) is 2.47. The van der Waals surface area contributed by atoms with Gasteiger partial charge in [-0.25, -0.2) is 0 Å². The summed E-state index contributed by atoms with van der Waals surface area (Å²) in [6, 6.07) is 4.27. The normalized spacial score (nSPS) is 17.2. The van der Waals surface area contributed by atoms with Gasteiger partial charge in [-0.1, -0.05) is 44.7 Å². The highest BCUT2D eigenvalue weighted by Crippen LogP contribution is 2.44. The molecule has 0 radical (unpaired) electrons. The Kier molecular flexibility index (Phi) is 3.96. The SMILES string of the molecule is COc1cc(C)c(Br)cc1C(Br)CC1CC1. The third-order valence-electron chi connectivity index (χ3n) is 3.09. The second-order valence-corrected chi connectivity index (χ2v) is 6.45. The van der Waals surface area contributed by atoms with Crippen LogP contribution < -0.4 is 4.74 Å². The highest BCUT2D eigenvalue weighted by atomic mass is 79.9. The number of alkyl halides is 1. The zero-order valence-corrected chi connectivity index (χ0v) is 12.8. The largest absolute Gasteiger partial charge is 0.496 e. The third-order valence-corrected chi connectivity index (χ3v) is 4.81. The average Bonchev–Trinajstić information content (AvgIpc) is 3.05. The molecule has 0 aromatic heterocycles. The van der Waals surface area contributed by atoms with Gasteiger partial charge in [0.2, 0.25) is 0 Å². The molecule has 1 saturated carbocycles. The van der Waals surface area contributed by atoms with E-state index in [1.807, 2.05) is 0 Å². The molecule has 1 atom stereocenters. The molecule has 0 N–H and O–H groups in total.